The molecule has 0 spiro atoms. The van der Waals surface area contributed by atoms with E-state index >= 15 is 0 Å². The smallest absolute Gasteiger partial charge is 0.307 e. The molecule has 1 N–H and O–H groups in total. The molecular weight excluding hydrogens is 278 g/mol. The number of hydrogen-bond acceptors (Lipinski definition) is 3. The Kier molecular flexibility index (Phi) is 4.94. The van der Waals surface area contributed by atoms with Crippen LogP contribution in [0, 0.1) is 5.41 Å². The number of sulfonamides is 1. The highest BCUT2D eigenvalue weighted by atomic mass is 32.2. The van der Waals surface area contributed by atoms with Crippen molar-refractivity contribution in [2.45, 2.75) is 32.1 Å². The lowest BCUT2D eigenvalue weighted by Gasteiger charge is -2.26. The minimum atomic E-state index is -3.53. The molecule has 0 heterocycles. The van der Waals surface area contributed by atoms with E-state index in [1.807, 2.05) is 20.8 Å². The van der Waals surface area contributed by atoms with Crippen LogP contribution in [0.15, 0.2) is 29.2 Å². The topological polar surface area (TPSA) is 74.7 Å². The largest absolute Gasteiger partial charge is 0.481 e. The van der Waals surface area contributed by atoms with E-state index in [-0.39, 0.29) is 16.7 Å². The highest BCUT2D eigenvalue weighted by molar-refractivity contribution is 7.89. The van der Waals surface area contributed by atoms with Gasteiger partial charge in [0.15, 0.2) is 0 Å². The Morgan fingerprint density at radius 3 is 2.10 bits per heavy atom. The standard InChI is InChI=1S/C14H21NO4S/c1-14(2,3)10-15(4)20(18,19)12-7-5-11(6-8-12)9-13(16)17/h5-8H,9-10H2,1-4H3,(H,16,17). The highest BCUT2D eigenvalue weighted by Crippen LogP contribution is 2.21. The molecule has 0 saturated heterocycles. The summed E-state index contributed by atoms with van der Waals surface area (Å²) in [7, 11) is -1.98. The Labute approximate surface area is 120 Å². The van der Waals surface area contributed by atoms with E-state index in [0.29, 0.717) is 12.1 Å². The first-order chi connectivity index (χ1) is 9.02. The first kappa shape index (κ1) is 16.7. The molecule has 0 radical (unpaired) electrons. The average Bonchev–Trinajstić information content (AvgIpc) is 2.26. The summed E-state index contributed by atoms with van der Waals surface area (Å²) >= 11 is 0. The van der Waals surface area contributed by atoms with Crippen LogP contribution in [0.2, 0.25) is 0 Å². The summed E-state index contributed by atoms with van der Waals surface area (Å²) in [5, 5.41) is 8.69. The van der Waals surface area contributed by atoms with Crippen LogP contribution in [0.25, 0.3) is 0 Å². The van der Waals surface area contributed by atoms with E-state index in [1.165, 1.54) is 28.6 Å². The van der Waals surface area contributed by atoms with Crippen molar-refractivity contribution in [2.24, 2.45) is 5.41 Å². The van der Waals surface area contributed by atoms with E-state index in [4.69, 9.17) is 5.11 Å². The average molecular weight is 299 g/mol. The van der Waals surface area contributed by atoms with E-state index in [2.05, 4.69) is 0 Å². The normalized spacial score (nSPS) is 12.7. The molecule has 0 atom stereocenters. The molecule has 0 amide bonds. The molecule has 0 bridgehead atoms. The number of hydrogen-bond donors (Lipinski definition) is 1. The number of aliphatic carboxylic acids is 1. The summed E-state index contributed by atoms with van der Waals surface area (Å²) in [6.07, 6.45) is -0.113. The molecule has 0 aliphatic rings. The van der Waals surface area contributed by atoms with Crippen molar-refractivity contribution < 1.29 is 18.3 Å². The van der Waals surface area contributed by atoms with Gasteiger partial charge in [-0.05, 0) is 23.1 Å². The van der Waals surface area contributed by atoms with Crippen molar-refractivity contribution >= 4 is 16.0 Å². The maximum Gasteiger partial charge on any atom is 0.307 e. The Morgan fingerprint density at radius 2 is 1.70 bits per heavy atom. The Morgan fingerprint density at radius 1 is 1.20 bits per heavy atom. The van der Waals surface area contributed by atoms with Crippen molar-refractivity contribution in [1.82, 2.24) is 4.31 Å². The number of rotatable bonds is 5. The van der Waals surface area contributed by atoms with Gasteiger partial charge < -0.3 is 5.11 Å². The van der Waals surface area contributed by atoms with Gasteiger partial charge in [0.05, 0.1) is 11.3 Å². The van der Waals surface area contributed by atoms with Crippen LogP contribution >= 0.6 is 0 Å². The van der Waals surface area contributed by atoms with Crippen LogP contribution in [0.5, 0.6) is 0 Å². The molecule has 1 aromatic carbocycles. The summed E-state index contributed by atoms with van der Waals surface area (Å²) in [6, 6.07) is 5.97. The number of nitrogens with zero attached hydrogens (tertiary/aromatic N) is 1. The second kappa shape index (κ2) is 5.93. The lowest BCUT2D eigenvalue weighted by molar-refractivity contribution is -0.136. The van der Waals surface area contributed by atoms with Gasteiger partial charge in [0.1, 0.15) is 0 Å². The quantitative estimate of drug-likeness (QED) is 0.902. The zero-order chi connectivity index (χ0) is 15.6. The molecule has 5 nitrogen and oxygen atoms in total. The SMILES string of the molecule is CN(CC(C)(C)C)S(=O)(=O)c1ccc(CC(=O)O)cc1. The number of carbonyl (C=O) groups is 1. The van der Waals surface area contributed by atoms with Gasteiger partial charge in [0.2, 0.25) is 10.0 Å². The Bertz CT molecular complexity index is 570. The maximum absolute atomic E-state index is 12.4. The van der Waals surface area contributed by atoms with Crippen molar-refractivity contribution in [3.8, 4) is 0 Å². The maximum atomic E-state index is 12.4. The summed E-state index contributed by atoms with van der Waals surface area (Å²) in [6.45, 7) is 6.31. The number of carboxylic acid groups (broad SMARTS) is 1. The number of carboxylic acids is 1. The molecule has 112 valence electrons. The van der Waals surface area contributed by atoms with Gasteiger partial charge in [0, 0.05) is 13.6 Å². The molecule has 0 aliphatic carbocycles. The van der Waals surface area contributed by atoms with Crippen LogP contribution in [0.3, 0.4) is 0 Å². The monoisotopic (exact) mass is 299 g/mol. The summed E-state index contributed by atoms with van der Waals surface area (Å²) in [4.78, 5) is 10.8. The molecule has 0 aromatic heterocycles. The summed E-state index contributed by atoms with van der Waals surface area (Å²) in [5.41, 5.74) is 0.445. The second-order valence-corrected chi connectivity index (χ2v) is 8.08. The summed E-state index contributed by atoms with van der Waals surface area (Å²) in [5.74, 6) is -0.939. The van der Waals surface area contributed by atoms with Gasteiger partial charge in [-0.1, -0.05) is 32.9 Å². The van der Waals surface area contributed by atoms with Crippen LogP contribution in [0.4, 0.5) is 0 Å². The van der Waals surface area contributed by atoms with Gasteiger partial charge in [-0.15, -0.1) is 0 Å². The van der Waals surface area contributed by atoms with Gasteiger partial charge in [-0.25, -0.2) is 12.7 Å². The van der Waals surface area contributed by atoms with E-state index in [0.717, 1.165) is 0 Å². The molecule has 0 saturated carbocycles. The lowest BCUT2D eigenvalue weighted by atomic mass is 9.97. The Hall–Kier alpha value is -1.40. The zero-order valence-electron chi connectivity index (χ0n) is 12.3. The predicted molar refractivity (Wildman–Crippen MR) is 77.1 cm³/mol. The van der Waals surface area contributed by atoms with Crippen molar-refractivity contribution in [1.29, 1.82) is 0 Å². The van der Waals surface area contributed by atoms with Crippen LogP contribution in [-0.4, -0.2) is 37.4 Å². The fourth-order valence-electron chi connectivity index (χ4n) is 1.89. The third-order valence-electron chi connectivity index (χ3n) is 2.68. The molecule has 1 aromatic rings. The predicted octanol–water partition coefficient (Wildman–Crippen LogP) is 1.98. The third-order valence-corrected chi connectivity index (χ3v) is 4.50. The molecule has 20 heavy (non-hydrogen) atoms. The first-order valence-corrected chi connectivity index (χ1v) is 7.73. The van der Waals surface area contributed by atoms with Crippen LogP contribution < -0.4 is 0 Å². The van der Waals surface area contributed by atoms with E-state index in [9.17, 15) is 13.2 Å². The lowest BCUT2D eigenvalue weighted by Crippen LogP contribution is -2.34. The molecule has 0 unspecified atom stereocenters. The third kappa shape index (κ3) is 4.61. The van der Waals surface area contributed by atoms with Gasteiger partial charge in [-0.3, -0.25) is 4.79 Å². The molecule has 0 fully saturated rings. The number of benzene rings is 1. The van der Waals surface area contributed by atoms with Gasteiger partial charge in [-0.2, -0.15) is 0 Å². The molecule has 0 aliphatic heterocycles. The zero-order valence-corrected chi connectivity index (χ0v) is 13.1. The van der Waals surface area contributed by atoms with Crippen molar-refractivity contribution in [2.75, 3.05) is 13.6 Å². The van der Waals surface area contributed by atoms with E-state index < -0.39 is 16.0 Å². The van der Waals surface area contributed by atoms with Crippen molar-refractivity contribution in [3.05, 3.63) is 29.8 Å². The fourth-order valence-corrected chi connectivity index (χ4v) is 3.28. The summed E-state index contributed by atoms with van der Waals surface area (Å²) < 4.78 is 26.0. The minimum Gasteiger partial charge on any atom is -0.481 e. The molecule has 6 heteroatoms. The van der Waals surface area contributed by atoms with Crippen molar-refractivity contribution in [3.63, 3.8) is 0 Å². The first-order valence-electron chi connectivity index (χ1n) is 6.29. The highest BCUT2D eigenvalue weighted by Gasteiger charge is 2.25. The minimum absolute atomic E-state index is 0.113. The Balaban J connectivity index is 2.95. The van der Waals surface area contributed by atoms with Crippen LogP contribution in [0.1, 0.15) is 26.3 Å². The van der Waals surface area contributed by atoms with Crippen LogP contribution in [-0.2, 0) is 21.2 Å². The second-order valence-electron chi connectivity index (χ2n) is 6.04. The fraction of sp³-hybridized carbons (Fsp3) is 0.500. The molecular formula is C14H21NO4S. The molecule has 1 rings (SSSR count). The van der Waals surface area contributed by atoms with Gasteiger partial charge in [0.25, 0.3) is 0 Å². The van der Waals surface area contributed by atoms with E-state index in [1.54, 1.807) is 7.05 Å². The van der Waals surface area contributed by atoms with Gasteiger partial charge >= 0.3 is 5.97 Å².